The van der Waals surface area contributed by atoms with Crippen LogP contribution in [0.2, 0.25) is 0 Å². The number of ether oxygens (including phenoxy) is 6. The molecule has 0 spiro atoms. The zero-order chi connectivity index (χ0) is 53.9. The molecule has 2 heterocycles. The largest absolute Gasteiger partial charge is 0.462 e. The first-order valence-corrected chi connectivity index (χ1v) is 29.9. The lowest BCUT2D eigenvalue weighted by atomic mass is 9.98. The first-order valence-electron chi connectivity index (χ1n) is 29.9. The van der Waals surface area contributed by atoms with Crippen molar-refractivity contribution >= 4 is 11.9 Å². The van der Waals surface area contributed by atoms with Gasteiger partial charge in [-0.2, -0.15) is 0 Å². The Labute approximate surface area is 447 Å². The Hall–Kier alpha value is -2.02. The average molecular weight is 1060 g/mol. The van der Waals surface area contributed by atoms with E-state index in [1.807, 2.05) is 0 Å². The molecule has 434 valence electrons. The first-order chi connectivity index (χ1) is 36.0. The van der Waals surface area contributed by atoms with Gasteiger partial charge in [-0.1, -0.05) is 212 Å². The van der Waals surface area contributed by atoms with Crippen LogP contribution >= 0.6 is 0 Å². The zero-order valence-corrected chi connectivity index (χ0v) is 46.3. The van der Waals surface area contributed by atoms with Crippen LogP contribution in [0, 0.1) is 0 Å². The van der Waals surface area contributed by atoms with Gasteiger partial charge in [0.25, 0.3) is 0 Å². The molecule has 2 saturated heterocycles. The van der Waals surface area contributed by atoms with Crippen molar-refractivity contribution in [3.63, 3.8) is 0 Å². The lowest BCUT2D eigenvalue weighted by molar-refractivity contribution is -0.332. The Morgan fingerprint density at radius 2 is 0.811 bits per heavy atom. The smallest absolute Gasteiger partial charge is 0.306 e. The van der Waals surface area contributed by atoms with Gasteiger partial charge in [-0.05, 0) is 44.9 Å². The number of carbonyl (C=O) groups is 2. The van der Waals surface area contributed by atoms with Crippen molar-refractivity contribution in [3.8, 4) is 0 Å². The Morgan fingerprint density at radius 1 is 0.432 bits per heavy atom. The molecule has 0 aromatic rings. The Bertz CT molecular complexity index is 1380. The lowest BCUT2D eigenvalue weighted by Crippen LogP contribution is -2.61. The number of hydrogen-bond acceptors (Lipinski definition) is 15. The van der Waals surface area contributed by atoms with Crippen molar-refractivity contribution < 1.29 is 73.8 Å². The highest BCUT2D eigenvalue weighted by molar-refractivity contribution is 5.70. The van der Waals surface area contributed by atoms with Gasteiger partial charge in [0.1, 0.15) is 55.4 Å². The van der Waals surface area contributed by atoms with Gasteiger partial charge in [-0.15, -0.1) is 0 Å². The third-order valence-electron chi connectivity index (χ3n) is 14.4. The Kier molecular flexibility index (Phi) is 42.3. The molecule has 0 aliphatic carbocycles. The second-order valence-corrected chi connectivity index (χ2v) is 21.2. The minimum atomic E-state index is -1.76. The maximum absolute atomic E-state index is 13.1. The van der Waals surface area contributed by atoms with Gasteiger partial charge in [-0.25, -0.2) is 0 Å². The fourth-order valence-electron chi connectivity index (χ4n) is 9.54. The number of esters is 2. The number of aliphatic hydroxyl groups excluding tert-OH is 7. The number of carbonyl (C=O) groups excluding carboxylic acids is 2. The SMILES string of the molecule is CCCCC/C=C/C/C=C/CCCCCCCCCC(=O)O[C@@H](COC(=O)CCCCCCCCCCCCCCCCCCCCCCC)CO[C@@H]1O[C@H](CO[C@@H]2O[C@H](CO)[C@H](O)C(O)C2O)[C@H](O)C(O)C1O. The van der Waals surface area contributed by atoms with Crippen LogP contribution in [-0.2, 0) is 38.0 Å². The minimum absolute atomic E-state index is 0.159. The second-order valence-electron chi connectivity index (χ2n) is 21.2. The molecule has 0 aromatic carbocycles. The van der Waals surface area contributed by atoms with Crippen molar-refractivity contribution in [2.45, 2.75) is 313 Å². The predicted molar refractivity (Wildman–Crippen MR) is 289 cm³/mol. The molecule has 2 rings (SSSR count). The number of aliphatic hydroxyl groups is 7. The molecule has 2 fully saturated rings. The molecular weight excluding hydrogens is 949 g/mol. The summed E-state index contributed by atoms with van der Waals surface area (Å²) in [7, 11) is 0. The molecule has 11 atom stereocenters. The van der Waals surface area contributed by atoms with E-state index in [-0.39, 0.29) is 26.1 Å². The Morgan fingerprint density at radius 3 is 1.28 bits per heavy atom. The Balaban J connectivity index is 1.73. The van der Waals surface area contributed by atoms with E-state index in [4.69, 9.17) is 28.4 Å². The van der Waals surface area contributed by atoms with Crippen molar-refractivity contribution in [3.05, 3.63) is 24.3 Å². The van der Waals surface area contributed by atoms with E-state index in [9.17, 15) is 45.3 Å². The third-order valence-corrected chi connectivity index (χ3v) is 14.4. The standard InChI is InChI=1S/C59H108O15/c1-3-5-7-9-11-13-15-17-19-21-22-23-24-26-27-29-31-33-35-37-39-41-50(61)69-44-47(72-51(62)42-40-38-36-34-32-30-28-25-20-18-16-14-12-10-8-6-4-2)45-70-58-57(68)55(66)53(64)49(74-58)46-71-59-56(67)54(65)52(63)48(43-60)73-59/h12,14,18,20,47-49,52-60,63-68H,3-11,13,15-17,19,21-46H2,1-2H3/b14-12+,20-18+/t47-,48+,49+,52-,53-,54?,55?,56?,57?,58+,59+/m0/s1. The molecule has 0 radical (unpaired) electrons. The van der Waals surface area contributed by atoms with Crippen LogP contribution in [-0.4, -0.2) is 142 Å². The summed E-state index contributed by atoms with van der Waals surface area (Å²) >= 11 is 0. The fourth-order valence-corrected chi connectivity index (χ4v) is 9.54. The maximum atomic E-state index is 13.1. The molecule has 74 heavy (non-hydrogen) atoms. The summed E-state index contributed by atoms with van der Waals surface area (Å²) in [6.07, 6.45) is 33.4. The molecule has 15 nitrogen and oxygen atoms in total. The normalized spacial score (nSPS) is 24.8. The van der Waals surface area contributed by atoms with Crippen molar-refractivity contribution in [1.29, 1.82) is 0 Å². The molecule has 7 N–H and O–H groups in total. The molecule has 0 bridgehead atoms. The van der Waals surface area contributed by atoms with E-state index in [0.717, 1.165) is 64.2 Å². The van der Waals surface area contributed by atoms with E-state index in [1.165, 1.54) is 141 Å². The van der Waals surface area contributed by atoms with Gasteiger partial charge in [0.05, 0.1) is 19.8 Å². The van der Waals surface area contributed by atoms with E-state index in [1.54, 1.807) is 0 Å². The van der Waals surface area contributed by atoms with Crippen LogP contribution in [0.15, 0.2) is 24.3 Å². The molecule has 15 heteroatoms. The summed E-state index contributed by atoms with van der Waals surface area (Å²) in [4.78, 5) is 25.9. The summed E-state index contributed by atoms with van der Waals surface area (Å²) in [5.74, 6) is -0.920. The molecular formula is C59H108O15. The van der Waals surface area contributed by atoms with Crippen molar-refractivity contribution in [1.82, 2.24) is 0 Å². The topological polar surface area (TPSA) is 231 Å². The molecule has 0 amide bonds. The van der Waals surface area contributed by atoms with Gasteiger partial charge in [0.15, 0.2) is 18.7 Å². The van der Waals surface area contributed by atoms with Gasteiger partial charge < -0.3 is 64.2 Å². The van der Waals surface area contributed by atoms with E-state index < -0.39 is 92.7 Å². The number of hydrogen-bond donors (Lipinski definition) is 7. The van der Waals surface area contributed by atoms with Crippen LogP contribution in [0.25, 0.3) is 0 Å². The molecule has 0 aromatic heterocycles. The predicted octanol–water partition coefficient (Wildman–Crippen LogP) is 10.3. The summed E-state index contributed by atoms with van der Waals surface area (Å²) in [5.41, 5.74) is 0. The highest BCUT2D eigenvalue weighted by Gasteiger charge is 2.47. The van der Waals surface area contributed by atoms with Gasteiger partial charge >= 0.3 is 11.9 Å². The van der Waals surface area contributed by atoms with E-state index in [0.29, 0.717) is 12.8 Å². The van der Waals surface area contributed by atoms with Crippen LogP contribution in [0.4, 0.5) is 0 Å². The van der Waals surface area contributed by atoms with Gasteiger partial charge in [-0.3, -0.25) is 9.59 Å². The highest BCUT2D eigenvalue weighted by Crippen LogP contribution is 2.27. The summed E-state index contributed by atoms with van der Waals surface area (Å²) in [5, 5.41) is 72.3. The van der Waals surface area contributed by atoms with Crippen LogP contribution in [0.1, 0.15) is 245 Å². The highest BCUT2D eigenvalue weighted by atomic mass is 16.7. The maximum Gasteiger partial charge on any atom is 0.306 e. The van der Waals surface area contributed by atoms with E-state index >= 15 is 0 Å². The monoisotopic (exact) mass is 1060 g/mol. The first kappa shape index (κ1) is 68.1. The molecule has 0 saturated carbocycles. The summed E-state index contributed by atoms with van der Waals surface area (Å²) < 4.78 is 33.7. The fraction of sp³-hybridized carbons (Fsp3) is 0.898. The average Bonchev–Trinajstić information content (AvgIpc) is 3.39. The van der Waals surface area contributed by atoms with Gasteiger partial charge in [0.2, 0.25) is 0 Å². The summed E-state index contributed by atoms with van der Waals surface area (Å²) in [6.45, 7) is 2.61. The second kappa shape index (κ2) is 45.9. The van der Waals surface area contributed by atoms with Crippen LogP contribution in [0.3, 0.4) is 0 Å². The van der Waals surface area contributed by atoms with Crippen molar-refractivity contribution in [2.75, 3.05) is 26.4 Å². The quantitative estimate of drug-likeness (QED) is 0.0171. The van der Waals surface area contributed by atoms with Crippen LogP contribution < -0.4 is 0 Å². The lowest BCUT2D eigenvalue weighted by Gasteiger charge is -2.42. The van der Waals surface area contributed by atoms with Gasteiger partial charge in [0, 0.05) is 12.8 Å². The minimum Gasteiger partial charge on any atom is -0.462 e. The number of allylic oxidation sites excluding steroid dienone is 4. The number of rotatable bonds is 48. The molecule has 2 aliphatic heterocycles. The molecule has 2 aliphatic rings. The molecule has 4 unspecified atom stereocenters. The zero-order valence-electron chi connectivity index (χ0n) is 46.3. The summed E-state index contributed by atoms with van der Waals surface area (Å²) in [6, 6.07) is 0. The number of unbranched alkanes of at least 4 members (excludes halogenated alkanes) is 30. The third kappa shape index (κ3) is 32.7. The van der Waals surface area contributed by atoms with E-state index in [2.05, 4.69) is 38.2 Å². The van der Waals surface area contributed by atoms with Crippen molar-refractivity contribution in [2.24, 2.45) is 0 Å². The van der Waals surface area contributed by atoms with Crippen LogP contribution in [0.5, 0.6) is 0 Å².